The predicted molar refractivity (Wildman–Crippen MR) is 192 cm³/mol. The van der Waals surface area contributed by atoms with Crippen LogP contribution < -0.4 is 10.6 Å². The summed E-state index contributed by atoms with van der Waals surface area (Å²) in [6.07, 6.45) is 4.23. The highest BCUT2D eigenvalue weighted by atomic mass is 16.3. The molecule has 49 heavy (non-hydrogen) atoms. The molecule has 0 spiro atoms. The molecule has 0 aliphatic carbocycles. The number of fused-ring (bicyclic) bond motifs is 2. The summed E-state index contributed by atoms with van der Waals surface area (Å²) in [5, 5.41) is 26.4. The summed E-state index contributed by atoms with van der Waals surface area (Å²) in [4.78, 5) is 21.7. The molecule has 0 saturated carbocycles. The quantitative estimate of drug-likeness (QED) is 0.140. The Morgan fingerprint density at radius 3 is 2.49 bits per heavy atom. The molecule has 3 N–H and O–H groups in total. The first-order valence-corrected chi connectivity index (χ1v) is 16.8. The Labute approximate surface area is 285 Å². The molecule has 3 aromatic carbocycles. The summed E-state index contributed by atoms with van der Waals surface area (Å²) < 4.78 is 6.47. The van der Waals surface area contributed by atoms with Gasteiger partial charge in [-0.15, -0.1) is 0 Å². The largest absolute Gasteiger partial charge is 0.435 e. The van der Waals surface area contributed by atoms with Crippen molar-refractivity contribution in [2.24, 2.45) is 0 Å². The Hall–Kier alpha value is -5.21. The highest BCUT2D eigenvalue weighted by molar-refractivity contribution is 5.92. The lowest BCUT2D eigenvalue weighted by molar-refractivity contribution is 0.251. The summed E-state index contributed by atoms with van der Waals surface area (Å²) in [5.74, 6) is 1.68. The van der Waals surface area contributed by atoms with E-state index in [1.54, 1.807) is 0 Å². The number of likely N-dealkylation sites (tertiary alicyclic amines) is 1. The maximum absolute atomic E-state index is 10.1. The van der Waals surface area contributed by atoms with Gasteiger partial charge in [0.25, 0.3) is 0 Å². The van der Waals surface area contributed by atoms with Crippen LogP contribution in [0.25, 0.3) is 44.7 Å². The number of benzene rings is 3. The lowest BCUT2D eigenvalue weighted by atomic mass is 9.91. The third-order valence-electron chi connectivity index (χ3n) is 9.31. The van der Waals surface area contributed by atoms with E-state index in [1.165, 1.54) is 12.8 Å². The molecule has 7 rings (SSSR count). The van der Waals surface area contributed by atoms with E-state index in [4.69, 9.17) is 19.4 Å². The molecule has 6 aromatic rings. The number of pyridine rings is 1. The SMILES string of the molecule is Cc1nc(Nc2cc(-c3ccccc3)c(C)c(-c3nc4cc(CN5CCCC5)cc(C#N)c4o3)c2C)c2ncc(CN[C@@H](C)CO)cc2n1. The predicted octanol–water partition coefficient (Wildman–Crippen LogP) is 7.11. The Bertz CT molecular complexity index is 2200. The fourth-order valence-corrected chi connectivity index (χ4v) is 6.70. The van der Waals surface area contributed by atoms with Gasteiger partial charge in [-0.1, -0.05) is 30.3 Å². The van der Waals surface area contributed by atoms with Crippen LogP contribution in [0.15, 0.2) is 65.2 Å². The average Bonchev–Trinajstić information content (AvgIpc) is 3.78. The molecule has 10 heteroatoms. The molecule has 1 atom stereocenters. The van der Waals surface area contributed by atoms with Crippen LogP contribution in [-0.2, 0) is 13.1 Å². The van der Waals surface area contributed by atoms with Gasteiger partial charge in [-0.05, 0) is 111 Å². The van der Waals surface area contributed by atoms with Gasteiger partial charge in [-0.2, -0.15) is 5.26 Å². The van der Waals surface area contributed by atoms with Crippen molar-refractivity contribution in [2.45, 2.75) is 59.7 Å². The minimum absolute atomic E-state index is 0.0257. The molecule has 248 valence electrons. The van der Waals surface area contributed by atoms with E-state index in [-0.39, 0.29) is 12.6 Å². The molecule has 3 aromatic heterocycles. The van der Waals surface area contributed by atoms with Gasteiger partial charge in [0.2, 0.25) is 5.89 Å². The van der Waals surface area contributed by atoms with Gasteiger partial charge in [0.15, 0.2) is 11.4 Å². The number of anilines is 2. The minimum atomic E-state index is -0.0257. The molecule has 0 bridgehead atoms. The van der Waals surface area contributed by atoms with Gasteiger partial charge < -0.3 is 20.2 Å². The van der Waals surface area contributed by atoms with Gasteiger partial charge in [-0.3, -0.25) is 9.88 Å². The van der Waals surface area contributed by atoms with E-state index in [1.807, 2.05) is 57.3 Å². The maximum Gasteiger partial charge on any atom is 0.228 e. The standard InChI is InChI=1S/C39H40N8O2/c1-23(22-48)41-19-28-16-33-36(42-20-28)38(44-26(4)43-33)45-32-17-31(29-10-6-5-7-11-29)24(2)35(25(32)3)39-46-34-15-27(21-47-12-8-9-13-47)14-30(18-40)37(34)49-39/h5-7,10-11,14-17,20,23,41,48H,8-9,12-13,19,21-22H2,1-4H3,(H,43,44,45)/t23-/m0/s1. The topological polar surface area (TPSA) is 136 Å². The van der Waals surface area contributed by atoms with Crippen LogP contribution in [0.1, 0.15) is 53.4 Å². The number of aliphatic hydroxyl groups is 1. The van der Waals surface area contributed by atoms with Crippen molar-refractivity contribution in [2.75, 3.05) is 25.0 Å². The summed E-state index contributed by atoms with van der Waals surface area (Å²) in [5.41, 5.74) is 10.8. The van der Waals surface area contributed by atoms with Crippen LogP contribution in [0, 0.1) is 32.1 Å². The Balaban J connectivity index is 1.34. The number of aliphatic hydroxyl groups excluding tert-OH is 1. The first-order valence-electron chi connectivity index (χ1n) is 16.8. The molecule has 0 radical (unpaired) electrons. The van der Waals surface area contributed by atoms with Crippen LogP contribution in [0.4, 0.5) is 11.5 Å². The maximum atomic E-state index is 10.1. The van der Waals surface area contributed by atoms with Crippen LogP contribution in [0.2, 0.25) is 0 Å². The molecule has 0 unspecified atom stereocenters. The van der Waals surface area contributed by atoms with E-state index in [0.717, 1.165) is 69.8 Å². The second kappa shape index (κ2) is 13.7. The first kappa shape index (κ1) is 32.3. The Morgan fingerprint density at radius 2 is 1.73 bits per heavy atom. The number of aryl methyl sites for hydroxylation is 1. The number of nitriles is 1. The lowest BCUT2D eigenvalue weighted by Crippen LogP contribution is -2.28. The summed E-state index contributed by atoms with van der Waals surface area (Å²) in [6.45, 7) is 11.5. The highest BCUT2D eigenvalue weighted by Gasteiger charge is 2.23. The normalized spacial score (nSPS) is 14.0. The monoisotopic (exact) mass is 652 g/mol. The fourth-order valence-electron chi connectivity index (χ4n) is 6.70. The highest BCUT2D eigenvalue weighted by Crippen LogP contribution is 2.41. The van der Waals surface area contributed by atoms with Crippen LogP contribution >= 0.6 is 0 Å². The van der Waals surface area contributed by atoms with Crippen molar-refractivity contribution in [3.63, 3.8) is 0 Å². The number of nitrogens with one attached hydrogen (secondary N) is 2. The lowest BCUT2D eigenvalue weighted by Gasteiger charge is -2.19. The minimum Gasteiger partial charge on any atom is -0.435 e. The number of hydrogen-bond acceptors (Lipinski definition) is 10. The van der Waals surface area contributed by atoms with Crippen molar-refractivity contribution in [3.05, 3.63) is 94.4 Å². The Kier molecular flexibility index (Phi) is 9.06. The number of aromatic nitrogens is 4. The molecule has 1 aliphatic heterocycles. The second-order valence-corrected chi connectivity index (χ2v) is 13.0. The summed E-state index contributed by atoms with van der Waals surface area (Å²) >= 11 is 0. The van der Waals surface area contributed by atoms with Gasteiger partial charge in [0.05, 0.1) is 17.7 Å². The third kappa shape index (κ3) is 6.61. The van der Waals surface area contributed by atoms with Crippen molar-refractivity contribution >= 4 is 33.6 Å². The number of oxazole rings is 1. The zero-order valence-corrected chi connectivity index (χ0v) is 28.3. The van der Waals surface area contributed by atoms with Gasteiger partial charge >= 0.3 is 0 Å². The molecule has 10 nitrogen and oxygen atoms in total. The van der Waals surface area contributed by atoms with E-state index < -0.39 is 0 Å². The molecule has 1 saturated heterocycles. The van der Waals surface area contributed by atoms with Crippen LogP contribution in [-0.4, -0.2) is 55.7 Å². The summed E-state index contributed by atoms with van der Waals surface area (Å²) in [7, 11) is 0. The fraction of sp³-hybridized carbons (Fsp3) is 0.308. The van der Waals surface area contributed by atoms with E-state index >= 15 is 0 Å². The van der Waals surface area contributed by atoms with Gasteiger partial charge in [0.1, 0.15) is 22.9 Å². The summed E-state index contributed by atoms with van der Waals surface area (Å²) in [6, 6.07) is 20.7. The second-order valence-electron chi connectivity index (χ2n) is 13.0. The molecule has 1 aliphatic rings. The Morgan fingerprint density at radius 1 is 0.959 bits per heavy atom. The van der Waals surface area contributed by atoms with E-state index in [2.05, 4.69) is 57.8 Å². The van der Waals surface area contributed by atoms with Gasteiger partial charge in [-0.25, -0.2) is 15.0 Å². The molecule has 1 fully saturated rings. The van der Waals surface area contributed by atoms with Gasteiger partial charge in [0, 0.05) is 36.6 Å². The number of hydrogen-bond donors (Lipinski definition) is 3. The van der Waals surface area contributed by atoms with Crippen molar-refractivity contribution in [1.29, 1.82) is 5.26 Å². The van der Waals surface area contributed by atoms with Crippen LogP contribution in [0.3, 0.4) is 0 Å². The van der Waals surface area contributed by atoms with E-state index in [0.29, 0.717) is 46.3 Å². The van der Waals surface area contributed by atoms with E-state index in [9.17, 15) is 10.4 Å². The third-order valence-corrected chi connectivity index (χ3v) is 9.31. The average molecular weight is 653 g/mol. The smallest absolute Gasteiger partial charge is 0.228 e. The van der Waals surface area contributed by atoms with Crippen LogP contribution in [0.5, 0.6) is 0 Å². The zero-order valence-electron chi connectivity index (χ0n) is 28.3. The molecular formula is C39H40N8O2. The first-order chi connectivity index (χ1) is 23.8. The van der Waals surface area contributed by atoms with Crippen molar-refractivity contribution in [1.82, 2.24) is 30.2 Å². The molecule has 0 amide bonds. The van der Waals surface area contributed by atoms with Crippen molar-refractivity contribution in [3.8, 4) is 28.7 Å². The number of nitrogens with zero attached hydrogens (tertiary/aromatic N) is 6. The van der Waals surface area contributed by atoms with Crippen molar-refractivity contribution < 1.29 is 9.52 Å². The molecular weight excluding hydrogens is 612 g/mol. The zero-order chi connectivity index (χ0) is 34.1. The molecule has 4 heterocycles. The number of rotatable bonds is 10.